The fourth-order valence-electron chi connectivity index (χ4n) is 4.80. The van der Waals surface area contributed by atoms with E-state index in [9.17, 15) is 18.0 Å². The lowest BCUT2D eigenvalue weighted by Crippen LogP contribution is -2.45. The molecule has 14 heteroatoms. The Labute approximate surface area is 219 Å². The maximum absolute atomic E-state index is 12.9. The predicted octanol–water partition coefficient (Wildman–Crippen LogP) is 3.98. The van der Waals surface area contributed by atoms with E-state index in [0.717, 1.165) is 38.2 Å². The van der Waals surface area contributed by atoms with E-state index < -0.39 is 12.1 Å². The third-order valence-corrected chi connectivity index (χ3v) is 7.57. The molecule has 198 valence electrons. The highest BCUT2D eigenvalue weighted by Crippen LogP contribution is 2.47. The van der Waals surface area contributed by atoms with Gasteiger partial charge in [0.2, 0.25) is 0 Å². The van der Waals surface area contributed by atoms with Gasteiger partial charge in [-0.1, -0.05) is 29.3 Å². The minimum atomic E-state index is -5.08. The van der Waals surface area contributed by atoms with Crippen molar-refractivity contribution in [2.24, 2.45) is 11.1 Å². The number of fused-ring (bicyclic) bond motifs is 1. The Morgan fingerprint density at radius 3 is 2.43 bits per heavy atom. The number of anilines is 1. The minimum absolute atomic E-state index is 0.00480. The van der Waals surface area contributed by atoms with Crippen molar-refractivity contribution in [2.75, 3.05) is 18.0 Å². The third kappa shape index (κ3) is 5.18. The highest BCUT2D eigenvalue weighted by Gasteiger charge is 2.47. The van der Waals surface area contributed by atoms with Crippen molar-refractivity contribution in [2.45, 2.75) is 38.5 Å². The van der Waals surface area contributed by atoms with E-state index in [1.165, 1.54) is 4.57 Å². The van der Waals surface area contributed by atoms with Gasteiger partial charge in [0.25, 0.3) is 5.56 Å². The summed E-state index contributed by atoms with van der Waals surface area (Å²) in [5, 5.41) is 12.3. The van der Waals surface area contributed by atoms with Crippen molar-refractivity contribution in [3.8, 4) is 5.69 Å². The Morgan fingerprint density at radius 2 is 1.86 bits per heavy atom. The molecule has 0 saturated carbocycles. The fourth-order valence-corrected chi connectivity index (χ4v) is 5.18. The number of aromatic nitrogens is 4. The lowest BCUT2D eigenvalue weighted by Gasteiger charge is -2.41. The molecule has 1 spiro atoms. The van der Waals surface area contributed by atoms with Gasteiger partial charge in [0.05, 0.1) is 27.5 Å². The number of piperidine rings is 1. The van der Waals surface area contributed by atoms with Crippen LogP contribution in [0, 0.1) is 12.3 Å². The van der Waals surface area contributed by atoms with Gasteiger partial charge < -0.3 is 15.7 Å². The summed E-state index contributed by atoms with van der Waals surface area (Å²) in [6, 6.07) is 8.80. The van der Waals surface area contributed by atoms with E-state index in [1.54, 1.807) is 31.2 Å². The van der Waals surface area contributed by atoms with E-state index in [4.69, 9.17) is 43.8 Å². The minimum Gasteiger partial charge on any atom is -0.475 e. The lowest BCUT2D eigenvalue weighted by molar-refractivity contribution is -0.192. The van der Waals surface area contributed by atoms with Crippen molar-refractivity contribution in [1.82, 2.24) is 19.3 Å². The van der Waals surface area contributed by atoms with E-state index in [0.29, 0.717) is 27.4 Å². The Kier molecular flexibility index (Phi) is 7.28. The molecule has 37 heavy (non-hydrogen) atoms. The normalized spacial score (nSPS) is 18.4. The van der Waals surface area contributed by atoms with Crippen LogP contribution in [0.25, 0.3) is 5.69 Å². The van der Waals surface area contributed by atoms with Crippen LogP contribution < -0.4 is 16.2 Å². The Balaban J connectivity index is 0.000000405. The maximum atomic E-state index is 12.9. The summed E-state index contributed by atoms with van der Waals surface area (Å²) in [6.07, 6.45) is -1.41. The molecule has 2 aliphatic heterocycles. The van der Waals surface area contributed by atoms with E-state index in [2.05, 4.69) is 10.00 Å². The molecular weight excluding hydrogens is 536 g/mol. The van der Waals surface area contributed by atoms with Crippen LogP contribution in [0.15, 0.2) is 41.3 Å². The van der Waals surface area contributed by atoms with Crippen LogP contribution in [0.5, 0.6) is 0 Å². The average molecular weight is 559 g/mol. The van der Waals surface area contributed by atoms with Crippen molar-refractivity contribution in [3.05, 3.63) is 68.4 Å². The van der Waals surface area contributed by atoms with Gasteiger partial charge in [-0.15, -0.1) is 0 Å². The van der Waals surface area contributed by atoms with Gasteiger partial charge in [-0.2, -0.15) is 18.3 Å². The maximum Gasteiger partial charge on any atom is 0.490 e. The number of aliphatic carboxylic acids is 1. The zero-order valence-electron chi connectivity index (χ0n) is 19.5. The zero-order valence-corrected chi connectivity index (χ0v) is 21.1. The number of carboxylic acids is 1. The number of aryl methyl sites for hydroxylation is 1. The van der Waals surface area contributed by atoms with Gasteiger partial charge in [-0.25, -0.2) is 9.78 Å². The first-order chi connectivity index (χ1) is 17.3. The molecular formula is C23H23Cl2F3N6O3. The molecule has 1 saturated heterocycles. The molecule has 3 aromatic rings. The van der Waals surface area contributed by atoms with Crippen LogP contribution in [0.1, 0.15) is 30.4 Å². The van der Waals surface area contributed by atoms with Crippen LogP contribution in [0.2, 0.25) is 10.0 Å². The number of carbonyl (C=O) groups is 1. The molecule has 2 aliphatic rings. The number of alkyl halides is 3. The van der Waals surface area contributed by atoms with Crippen LogP contribution in [0.3, 0.4) is 0 Å². The number of nitrogens with zero attached hydrogens (tertiary/aromatic N) is 5. The molecule has 0 aliphatic carbocycles. The molecule has 0 unspecified atom stereocenters. The lowest BCUT2D eigenvalue weighted by atomic mass is 9.73. The number of halogens is 5. The monoisotopic (exact) mass is 558 g/mol. The number of hydrogen-bond donors (Lipinski definition) is 2. The van der Waals surface area contributed by atoms with Gasteiger partial charge >= 0.3 is 12.1 Å². The molecule has 0 bridgehead atoms. The SMILES string of the molecule is Cc1nc(N2CCC3(CC2)Cn2nccc2[C@H]3N)cc(=O)n1-c1cccc(Cl)c1Cl.O=C(O)C(F)(F)F. The number of carboxylic acid groups (broad SMARTS) is 1. The van der Waals surface area contributed by atoms with Crippen molar-refractivity contribution in [1.29, 1.82) is 0 Å². The predicted molar refractivity (Wildman–Crippen MR) is 131 cm³/mol. The van der Waals surface area contributed by atoms with E-state index in [-0.39, 0.29) is 17.0 Å². The quantitative estimate of drug-likeness (QED) is 0.488. The third-order valence-electron chi connectivity index (χ3n) is 6.76. The van der Waals surface area contributed by atoms with E-state index in [1.807, 2.05) is 16.9 Å². The summed E-state index contributed by atoms with van der Waals surface area (Å²) in [4.78, 5) is 28.7. The highest BCUT2D eigenvalue weighted by atomic mass is 35.5. The molecule has 0 amide bonds. The molecule has 3 N–H and O–H groups in total. The fraction of sp³-hybridized carbons (Fsp3) is 0.391. The molecule has 1 aromatic carbocycles. The first-order valence-corrected chi connectivity index (χ1v) is 12.0. The Bertz CT molecular complexity index is 1380. The molecule has 1 atom stereocenters. The summed E-state index contributed by atoms with van der Waals surface area (Å²) < 4.78 is 35.3. The molecule has 1 fully saturated rings. The number of nitrogens with two attached hydrogens (primary N) is 1. The van der Waals surface area contributed by atoms with Crippen molar-refractivity contribution < 1.29 is 23.1 Å². The standard InChI is InChI=1S/C21H22Cl2N6O.C2HF3O2/c1-13-26-17(11-18(30)29(13)15-4-2-3-14(22)19(15)23)27-9-6-21(7-10-27)12-28-16(20(21)24)5-8-25-28;3-2(4,5)1(6)7/h2-5,8,11,20H,6-7,9-10,12,24H2,1H3;(H,6,7)/t20-;/m1./s1. The van der Waals surface area contributed by atoms with Crippen LogP contribution in [-0.4, -0.2) is 49.7 Å². The smallest absolute Gasteiger partial charge is 0.475 e. The molecule has 9 nitrogen and oxygen atoms in total. The van der Waals surface area contributed by atoms with Gasteiger partial charge in [0, 0.05) is 37.3 Å². The number of hydrogen-bond acceptors (Lipinski definition) is 6. The number of rotatable bonds is 2. The second-order valence-electron chi connectivity index (χ2n) is 8.95. The molecule has 0 radical (unpaired) electrons. The highest BCUT2D eigenvalue weighted by molar-refractivity contribution is 6.43. The summed E-state index contributed by atoms with van der Waals surface area (Å²) in [5.41, 5.74) is 8.06. The summed E-state index contributed by atoms with van der Waals surface area (Å²) in [6.45, 7) is 4.25. The van der Waals surface area contributed by atoms with Gasteiger partial charge in [0.1, 0.15) is 11.6 Å². The van der Waals surface area contributed by atoms with Crippen LogP contribution >= 0.6 is 23.2 Å². The summed E-state index contributed by atoms with van der Waals surface area (Å²) in [5.74, 6) is -1.50. The topological polar surface area (TPSA) is 119 Å². The van der Waals surface area contributed by atoms with Crippen molar-refractivity contribution in [3.63, 3.8) is 0 Å². The summed E-state index contributed by atoms with van der Waals surface area (Å²) >= 11 is 12.4. The van der Waals surface area contributed by atoms with Gasteiger partial charge in [0.15, 0.2) is 0 Å². The second kappa shape index (κ2) is 9.99. The second-order valence-corrected chi connectivity index (χ2v) is 9.74. The Morgan fingerprint density at radius 1 is 1.22 bits per heavy atom. The summed E-state index contributed by atoms with van der Waals surface area (Å²) in [7, 11) is 0. The Hall–Kier alpha value is -3.09. The zero-order chi connectivity index (χ0) is 27.1. The first kappa shape index (κ1) is 27.0. The average Bonchev–Trinajstić information content (AvgIpc) is 3.37. The van der Waals surface area contributed by atoms with Gasteiger partial charge in [-0.3, -0.25) is 14.0 Å². The van der Waals surface area contributed by atoms with Gasteiger partial charge in [-0.05, 0) is 38.0 Å². The van der Waals surface area contributed by atoms with E-state index >= 15 is 0 Å². The van der Waals surface area contributed by atoms with Crippen LogP contribution in [0.4, 0.5) is 19.0 Å². The largest absolute Gasteiger partial charge is 0.490 e. The van der Waals surface area contributed by atoms with Crippen LogP contribution in [-0.2, 0) is 11.3 Å². The first-order valence-electron chi connectivity index (χ1n) is 11.2. The van der Waals surface area contributed by atoms with Crippen molar-refractivity contribution >= 4 is 35.0 Å². The molecule has 5 rings (SSSR count). The molecule has 4 heterocycles. The molecule has 2 aromatic heterocycles. The number of benzene rings is 1.